The van der Waals surface area contributed by atoms with Crippen LogP contribution in [-0.2, 0) is 0 Å². The quantitative estimate of drug-likeness (QED) is 0.566. The van der Waals surface area contributed by atoms with Gasteiger partial charge in [0.1, 0.15) is 4.58 Å². The Bertz CT molecular complexity index is 208. The van der Waals surface area contributed by atoms with Gasteiger partial charge < -0.3 is 0 Å². The molecule has 1 aliphatic heterocycles. The van der Waals surface area contributed by atoms with Crippen LogP contribution >= 0.6 is 23.5 Å². The van der Waals surface area contributed by atoms with Crippen LogP contribution in [0.3, 0.4) is 0 Å². The summed E-state index contributed by atoms with van der Waals surface area (Å²) in [6, 6.07) is 0. The second-order valence-electron chi connectivity index (χ2n) is 4.46. The molecule has 1 heterocycles. The Labute approximate surface area is 90.6 Å². The zero-order valence-corrected chi connectivity index (χ0v) is 10.5. The lowest BCUT2D eigenvalue weighted by Gasteiger charge is -2.34. The van der Waals surface area contributed by atoms with Crippen LogP contribution in [0.4, 0.5) is 0 Å². The van der Waals surface area contributed by atoms with Crippen LogP contribution in [0.2, 0.25) is 0 Å². The van der Waals surface area contributed by atoms with Crippen molar-refractivity contribution in [1.82, 2.24) is 0 Å². The van der Waals surface area contributed by atoms with Gasteiger partial charge in [-0.25, -0.2) is 0 Å². The molecule has 13 heavy (non-hydrogen) atoms. The lowest BCUT2D eigenvalue weighted by molar-refractivity contribution is 0.293. The number of thioether (sulfide) groups is 2. The summed E-state index contributed by atoms with van der Waals surface area (Å²) in [5.74, 6) is 9.62. The molecule has 0 saturated carbocycles. The molecule has 0 N–H and O–H groups in total. The minimum Gasteiger partial charge on any atom is -0.134 e. The molecule has 0 unspecified atom stereocenters. The highest BCUT2D eigenvalue weighted by Crippen LogP contribution is 2.40. The third-order valence-corrected chi connectivity index (χ3v) is 5.23. The van der Waals surface area contributed by atoms with Crippen LogP contribution in [0.5, 0.6) is 0 Å². The molecule has 0 nitrogen and oxygen atoms in total. The van der Waals surface area contributed by atoms with Gasteiger partial charge in [-0.2, -0.15) is 0 Å². The fourth-order valence-corrected chi connectivity index (χ4v) is 4.66. The molecule has 1 aliphatic rings. The van der Waals surface area contributed by atoms with E-state index in [1.165, 1.54) is 11.5 Å². The monoisotopic (exact) mass is 214 g/mol. The predicted molar refractivity (Wildman–Crippen MR) is 65.1 cm³/mol. The van der Waals surface area contributed by atoms with Crippen LogP contribution in [0, 0.1) is 23.2 Å². The summed E-state index contributed by atoms with van der Waals surface area (Å²) in [4.78, 5) is 0. The van der Waals surface area contributed by atoms with Gasteiger partial charge in [-0.05, 0) is 29.8 Å². The van der Waals surface area contributed by atoms with Crippen molar-refractivity contribution in [2.45, 2.75) is 32.3 Å². The summed E-state index contributed by atoms with van der Waals surface area (Å²) >= 11 is 4.02. The van der Waals surface area contributed by atoms with E-state index in [2.05, 4.69) is 32.6 Å². The highest BCUT2D eigenvalue weighted by atomic mass is 32.2. The van der Waals surface area contributed by atoms with Gasteiger partial charge >= 0.3 is 0 Å². The Kier molecular flexibility index (Phi) is 4.06. The lowest BCUT2D eigenvalue weighted by Crippen LogP contribution is -2.29. The van der Waals surface area contributed by atoms with E-state index in [0.29, 0.717) is 10.00 Å². The predicted octanol–water partition coefficient (Wildman–Crippen LogP) is 3.48. The van der Waals surface area contributed by atoms with E-state index in [-0.39, 0.29) is 0 Å². The molecule has 1 rings (SSSR count). The third-order valence-electron chi connectivity index (χ3n) is 2.38. The van der Waals surface area contributed by atoms with Gasteiger partial charge in [0, 0.05) is 0 Å². The van der Waals surface area contributed by atoms with Crippen LogP contribution in [0.15, 0.2) is 0 Å². The molecule has 1 fully saturated rings. The Morgan fingerprint density at radius 2 is 1.69 bits per heavy atom. The van der Waals surface area contributed by atoms with Crippen LogP contribution < -0.4 is 0 Å². The Balaban J connectivity index is 2.42. The summed E-state index contributed by atoms with van der Waals surface area (Å²) in [5, 5.41) is 0. The normalized spacial score (nSPS) is 29.2. The summed E-state index contributed by atoms with van der Waals surface area (Å²) < 4.78 is 0.531. The first-order chi connectivity index (χ1) is 6.04. The molecule has 74 valence electrons. The van der Waals surface area contributed by atoms with Gasteiger partial charge in [-0.1, -0.05) is 26.7 Å². The van der Waals surface area contributed by atoms with Crippen molar-refractivity contribution in [2.75, 3.05) is 11.5 Å². The van der Waals surface area contributed by atoms with Gasteiger partial charge in [0.2, 0.25) is 0 Å². The molecular weight excluding hydrogens is 196 g/mol. The number of hydrogen-bond acceptors (Lipinski definition) is 2. The molecule has 0 radical (unpaired) electrons. The Hall–Kier alpha value is 0.260. The first kappa shape index (κ1) is 11.3. The summed E-state index contributed by atoms with van der Waals surface area (Å²) in [7, 11) is 0. The van der Waals surface area contributed by atoms with Crippen LogP contribution in [0.25, 0.3) is 0 Å². The van der Waals surface area contributed by atoms with Crippen LogP contribution in [0.1, 0.15) is 27.7 Å². The Morgan fingerprint density at radius 1 is 1.15 bits per heavy atom. The highest BCUT2D eigenvalue weighted by Gasteiger charge is 2.29. The maximum absolute atomic E-state index is 3.23. The van der Waals surface area contributed by atoms with E-state index in [1.807, 2.05) is 30.4 Å². The fraction of sp³-hybridized carbons (Fsp3) is 0.818. The molecular formula is C11H18S2. The molecule has 0 amide bonds. The van der Waals surface area contributed by atoms with E-state index in [9.17, 15) is 0 Å². The van der Waals surface area contributed by atoms with E-state index in [1.54, 1.807) is 0 Å². The third kappa shape index (κ3) is 3.48. The van der Waals surface area contributed by atoms with E-state index in [4.69, 9.17) is 0 Å². The van der Waals surface area contributed by atoms with Crippen molar-refractivity contribution in [3.8, 4) is 11.8 Å². The molecule has 0 bridgehead atoms. The van der Waals surface area contributed by atoms with Crippen molar-refractivity contribution in [3.05, 3.63) is 0 Å². The van der Waals surface area contributed by atoms with Crippen molar-refractivity contribution < 1.29 is 0 Å². The van der Waals surface area contributed by atoms with Gasteiger partial charge in [0.15, 0.2) is 0 Å². The first-order valence-electron chi connectivity index (χ1n) is 4.69. The first-order valence-corrected chi connectivity index (χ1v) is 6.79. The molecule has 1 saturated heterocycles. The molecule has 0 atom stereocenters. The van der Waals surface area contributed by atoms with Crippen molar-refractivity contribution in [3.63, 3.8) is 0 Å². The van der Waals surface area contributed by atoms with Gasteiger partial charge in [-0.15, -0.1) is 29.4 Å². The van der Waals surface area contributed by atoms with E-state index < -0.39 is 0 Å². The minimum atomic E-state index is 0.463. The topological polar surface area (TPSA) is 0 Å². The maximum Gasteiger partial charge on any atom is 0.111 e. The van der Waals surface area contributed by atoms with Gasteiger partial charge in [-0.3, -0.25) is 0 Å². The maximum atomic E-state index is 3.23. The summed E-state index contributed by atoms with van der Waals surface area (Å²) in [6.45, 7) is 8.94. The zero-order valence-electron chi connectivity index (χ0n) is 8.89. The highest BCUT2D eigenvalue weighted by molar-refractivity contribution is 8.17. The molecule has 2 heteroatoms. The van der Waals surface area contributed by atoms with Crippen molar-refractivity contribution in [2.24, 2.45) is 11.3 Å². The molecule has 0 spiro atoms. The standard InChI is InChI=1S/C11H18S2/c1-5-6-10-12-7-9(8-13-10)11(2,3)4/h9-10H,7-8H2,1-4H3/t9-,10+. The average Bonchev–Trinajstić information content (AvgIpc) is 2.04. The Morgan fingerprint density at radius 3 is 2.08 bits per heavy atom. The molecule has 0 aromatic rings. The second-order valence-corrected chi connectivity index (χ2v) is 7.03. The van der Waals surface area contributed by atoms with Gasteiger partial charge in [0.05, 0.1) is 0 Å². The zero-order chi connectivity index (χ0) is 9.90. The summed E-state index contributed by atoms with van der Waals surface area (Å²) in [6.07, 6.45) is 0. The summed E-state index contributed by atoms with van der Waals surface area (Å²) in [5.41, 5.74) is 0.463. The molecule has 0 aromatic carbocycles. The van der Waals surface area contributed by atoms with Gasteiger partial charge in [0.25, 0.3) is 0 Å². The van der Waals surface area contributed by atoms with E-state index >= 15 is 0 Å². The van der Waals surface area contributed by atoms with Crippen molar-refractivity contribution in [1.29, 1.82) is 0 Å². The number of rotatable bonds is 0. The molecule has 0 aliphatic carbocycles. The number of hydrogen-bond donors (Lipinski definition) is 0. The SMILES string of the molecule is CC#C[C@H]1SC[C@@H](C(C)(C)C)CS1. The average molecular weight is 214 g/mol. The van der Waals surface area contributed by atoms with Crippen molar-refractivity contribution >= 4 is 23.5 Å². The fourth-order valence-electron chi connectivity index (χ4n) is 1.20. The largest absolute Gasteiger partial charge is 0.134 e. The smallest absolute Gasteiger partial charge is 0.111 e. The van der Waals surface area contributed by atoms with Crippen LogP contribution in [-0.4, -0.2) is 16.1 Å². The lowest BCUT2D eigenvalue weighted by atomic mass is 9.83. The minimum absolute atomic E-state index is 0.463. The molecule has 0 aromatic heterocycles. The van der Waals surface area contributed by atoms with E-state index in [0.717, 1.165) is 5.92 Å². The second kappa shape index (κ2) is 4.66.